The normalized spacial score (nSPS) is 8.72. The third-order valence-electron chi connectivity index (χ3n) is 3.94. The molecule has 0 aliphatic carbocycles. The van der Waals surface area contributed by atoms with Gasteiger partial charge >= 0.3 is 0 Å². The van der Waals surface area contributed by atoms with Gasteiger partial charge in [0.25, 0.3) is 0 Å². The van der Waals surface area contributed by atoms with Gasteiger partial charge in [0.05, 0.1) is 0 Å². The van der Waals surface area contributed by atoms with Gasteiger partial charge in [0.15, 0.2) is 0 Å². The van der Waals surface area contributed by atoms with E-state index in [0.29, 0.717) is 17.2 Å². The maximum Gasteiger partial charge on any atom is 0.115 e. The summed E-state index contributed by atoms with van der Waals surface area (Å²) < 4.78 is 0. The van der Waals surface area contributed by atoms with Crippen molar-refractivity contribution in [3.05, 3.63) is 132 Å². The third-order valence-corrected chi connectivity index (χ3v) is 3.94. The van der Waals surface area contributed by atoms with Crippen LogP contribution in [-0.2, 0) is 26.2 Å². The summed E-state index contributed by atoms with van der Waals surface area (Å²) in [6, 6.07) is 31.2. The van der Waals surface area contributed by atoms with Gasteiger partial charge in [0.2, 0.25) is 0 Å². The second-order valence-electron chi connectivity index (χ2n) is 6.99. The smallest absolute Gasteiger partial charge is 0.115 e. The van der Waals surface area contributed by atoms with Crippen molar-refractivity contribution in [2.75, 3.05) is 0 Å². The van der Waals surface area contributed by atoms with Crippen molar-refractivity contribution < 1.29 is 41.5 Å². The summed E-state index contributed by atoms with van der Waals surface area (Å²) in [6.45, 7) is 9.68. The molecular formula is C28H31O3Zr-. The summed E-state index contributed by atoms with van der Waals surface area (Å²) in [4.78, 5) is 0. The Morgan fingerprint density at radius 2 is 0.688 bits per heavy atom. The number of hydrogen-bond acceptors (Lipinski definition) is 3. The summed E-state index contributed by atoms with van der Waals surface area (Å²) >= 11 is 0. The van der Waals surface area contributed by atoms with Crippen LogP contribution < -0.4 is 0 Å². The van der Waals surface area contributed by atoms with Gasteiger partial charge < -0.3 is 15.3 Å². The van der Waals surface area contributed by atoms with E-state index in [-0.39, 0.29) is 26.2 Å². The van der Waals surface area contributed by atoms with Gasteiger partial charge in [-0.1, -0.05) is 59.2 Å². The number of phenols is 3. The molecule has 0 atom stereocenters. The van der Waals surface area contributed by atoms with E-state index in [1.807, 2.05) is 87.5 Å². The van der Waals surface area contributed by atoms with Crippen LogP contribution in [0.25, 0.3) is 0 Å². The van der Waals surface area contributed by atoms with Gasteiger partial charge in [-0.25, -0.2) is 0 Å². The molecule has 0 heterocycles. The summed E-state index contributed by atoms with van der Waals surface area (Å²) in [5.41, 5.74) is 4.58. The first kappa shape index (κ1) is 29.0. The zero-order valence-corrected chi connectivity index (χ0v) is 21.3. The number of aryl methyl sites for hydroxylation is 3. The Hall–Kier alpha value is -2.97. The Morgan fingerprint density at radius 3 is 0.844 bits per heavy atom. The molecule has 0 aliphatic rings. The van der Waals surface area contributed by atoms with Gasteiger partial charge in [0.1, 0.15) is 17.2 Å². The minimum Gasteiger partial charge on any atom is -0.508 e. The van der Waals surface area contributed by atoms with E-state index < -0.39 is 0 Å². The molecule has 4 heteroatoms. The molecule has 0 aromatic heterocycles. The largest absolute Gasteiger partial charge is 0.508 e. The molecule has 4 aromatic carbocycles. The van der Waals surface area contributed by atoms with Crippen LogP contribution in [0.5, 0.6) is 17.2 Å². The molecule has 0 aliphatic heterocycles. The number of benzene rings is 4. The zero-order chi connectivity index (χ0) is 23.1. The van der Waals surface area contributed by atoms with Crippen LogP contribution in [0.1, 0.15) is 22.3 Å². The fourth-order valence-electron chi connectivity index (χ4n) is 2.11. The Morgan fingerprint density at radius 1 is 0.438 bits per heavy atom. The molecule has 0 radical (unpaired) electrons. The van der Waals surface area contributed by atoms with Gasteiger partial charge in [0, 0.05) is 26.2 Å². The minimum atomic E-state index is 0. The third kappa shape index (κ3) is 14.9. The molecule has 0 saturated heterocycles. The van der Waals surface area contributed by atoms with Crippen molar-refractivity contribution in [3.63, 3.8) is 0 Å². The summed E-state index contributed by atoms with van der Waals surface area (Å²) in [7, 11) is 0. The Kier molecular flexibility index (Phi) is 15.1. The maximum absolute atomic E-state index is 8.76. The second-order valence-corrected chi connectivity index (χ2v) is 6.99. The van der Waals surface area contributed by atoms with Crippen LogP contribution in [0, 0.1) is 27.7 Å². The van der Waals surface area contributed by atoms with Gasteiger partial charge in [-0.2, -0.15) is 24.6 Å². The molecule has 3 nitrogen and oxygen atoms in total. The Labute approximate surface area is 211 Å². The first-order valence-corrected chi connectivity index (χ1v) is 9.90. The van der Waals surface area contributed by atoms with E-state index in [1.165, 1.54) is 16.7 Å². The van der Waals surface area contributed by atoms with Crippen LogP contribution in [-0.4, -0.2) is 15.3 Å². The van der Waals surface area contributed by atoms with Crippen molar-refractivity contribution >= 4 is 0 Å². The predicted molar refractivity (Wildman–Crippen MR) is 129 cm³/mol. The topological polar surface area (TPSA) is 60.7 Å². The molecule has 4 rings (SSSR count). The van der Waals surface area contributed by atoms with Gasteiger partial charge in [-0.15, -0.1) is 12.1 Å². The molecule has 0 bridgehead atoms. The van der Waals surface area contributed by atoms with E-state index in [1.54, 1.807) is 36.4 Å². The Balaban J connectivity index is 0.000000397. The monoisotopic (exact) mass is 505 g/mol. The molecule has 3 N–H and O–H groups in total. The molecule has 0 fully saturated rings. The van der Waals surface area contributed by atoms with E-state index in [2.05, 4.69) is 6.92 Å². The average Bonchev–Trinajstić information content (AvgIpc) is 2.76. The van der Waals surface area contributed by atoms with Crippen molar-refractivity contribution in [1.29, 1.82) is 0 Å². The first-order chi connectivity index (χ1) is 14.8. The summed E-state index contributed by atoms with van der Waals surface area (Å²) in [5.74, 6) is 0.988. The maximum atomic E-state index is 8.76. The van der Waals surface area contributed by atoms with Crippen LogP contribution in [0.2, 0.25) is 0 Å². The molecule has 0 saturated carbocycles. The number of rotatable bonds is 0. The first-order valence-electron chi connectivity index (χ1n) is 9.90. The summed E-state index contributed by atoms with van der Waals surface area (Å²) in [5, 5.41) is 26.3. The number of aromatic hydroxyl groups is 3. The van der Waals surface area contributed by atoms with Crippen molar-refractivity contribution in [1.82, 2.24) is 0 Å². The molecule has 32 heavy (non-hydrogen) atoms. The second kappa shape index (κ2) is 16.7. The van der Waals surface area contributed by atoms with Crippen LogP contribution in [0.3, 0.4) is 0 Å². The fourth-order valence-corrected chi connectivity index (χ4v) is 2.11. The predicted octanol–water partition coefficient (Wildman–Crippen LogP) is 6.97. The average molecular weight is 507 g/mol. The van der Waals surface area contributed by atoms with Crippen LogP contribution >= 0.6 is 0 Å². The zero-order valence-electron chi connectivity index (χ0n) is 18.9. The van der Waals surface area contributed by atoms with E-state index in [4.69, 9.17) is 15.3 Å². The molecule has 166 valence electrons. The van der Waals surface area contributed by atoms with Crippen LogP contribution in [0.4, 0.5) is 0 Å². The SMILES string of the molecule is Cc1ccc(O)cc1.Cc1ccc(O)cc1.Cc1ccc(O)cc1.[CH2-]c1ccccc1.[Zr]. The number of phenolic OH excluding ortho intramolecular Hbond substituents is 3. The Bertz CT molecular complexity index is 799. The van der Waals surface area contributed by atoms with Gasteiger partial charge in [-0.05, 0) is 57.2 Å². The minimum absolute atomic E-state index is 0. The molecule has 0 unspecified atom stereocenters. The van der Waals surface area contributed by atoms with Crippen LogP contribution in [0.15, 0.2) is 103 Å². The molecule has 4 aromatic rings. The summed E-state index contributed by atoms with van der Waals surface area (Å²) in [6.07, 6.45) is 0. The van der Waals surface area contributed by atoms with Crippen molar-refractivity contribution in [3.8, 4) is 17.2 Å². The van der Waals surface area contributed by atoms with Gasteiger partial charge in [-0.3, -0.25) is 0 Å². The van der Waals surface area contributed by atoms with E-state index >= 15 is 0 Å². The standard InChI is InChI=1S/3C7H8O.C7H7.Zr/c3*1-6-2-4-7(8)5-3-6;1-7-5-3-2-4-6-7;/h3*2-5,8H,1H3;2-6H,1H2;/q;;;-1;. The quantitative estimate of drug-likeness (QED) is 0.226. The van der Waals surface area contributed by atoms with E-state index in [0.717, 1.165) is 5.56 Å². The number of hydrogen-bond donors (Lipinski definition) is 3. The molecule has 0 amide bonds. The fraction of sp³-hybridized carbons (Fsp3) is 0.107. The molecule has 0 spiro atoms. The van der Waals surface area contributed by atoms with Crippen molar-refractivity contribution in [2.24, 2.45) is 0 Å². The van der Waals surface area contributed by atoms with Crippen molar-refractivity contribution in [2.45, 2.75) is 20.8 Å². The molecular weight excluding hydrogens is 476 g/mol. The van der Waals surface area contributed by atoms with E-state index in [9.17, 15) is 0 Å².